The molecule has 0 radical (unpaired) electrons. The van der Waals surface area contributed by atoms with Gasteiger partial charge in [0.25, 0.3) is 0 Å². The molecule has 0 amide bonds. The number of benzene rings is 1. The van der Waals surface area contributed by atoms with Gasteiger partial charge >= 0.3 is 0 Å². The summed E-state index contributed by atoms with van der Waals surface area (Å²) in [7, 11) is 0. The summed E-state index contributed by atoms with van der Waals surface area (Å²) in [5, 5.41) is 3.69. The predicted octanol–water partition coefficient (Wildman–Crippen LogP) is 3.66. The first kappa shape index (κ1) is 15.0. The second-order valence-electron chi connectivity index (χ2n) is 5.98. The van der Waals surface area contributed by atoms with Crippen LogP contribution in [0.4, 0.5) is 0 Å². The van der Waals surface area contributed by atoms with Gasteiger partial charge in [-0.3, -0.25) is 0 Å². The number of halogens is 1. The molecule has 1 saturated heterocycles. The van der Waals surface area contributed by atoms with Gasteiger partial charge in [0.1, 0.15) is 0 Å². The van der Waals surface area contributed by atoms with Gasteiger partial charge in [-0.05, 0) is 49.5 Å². The summed E-state index contributed by atoms with van der Waals surface area (Å²) < 4.78 is 1.17. The third-order valence-corrected chi connectivity index (χ3v) is 4.19. The molecule has 0 aliphatic carbocycles. The van der Waals surface area contributed by atoms with E-state index in [0.717, 1.165) is 12.5 Å². The number of piperidine rings is 1. The Morgan fingerprint density at radius 1 is 1.32 bits per heavy atom. The van der Waals surface area contributed by atoms with Crippen molar-refractivity contribution in [3.8, 4) is 0 Å². The Balaban J connectivity index is 1.71. The highest BCUT2D eigenvalue weighted by molar-refractivity contribution is 9.10. The van der Waals surface area contributed by atoms with Gasteiger partial charge in [-0.25, -0.2) is 0 Å². The molecule has 106 valence electrons. The van der Waals surface area contributed by atoms with Crippen molar-refractivity contribution in [3.05, 3.63) is 34.3 Å². The number of hydrogen-bond acceptors (Lipinski definition) is 2. The Hall–Kier alpha value is -0.380. The van der Waals surface area contributed by atoms with E-state index >= 15 is 0 Å². The van der Waals surface area contributed by atoms with Crippen LogP contribution in [0.5, 0.6) is 0 Å². The highest BCUT2D eigenvalue weighted by Gasteiger charge is 2.18. The Labute approximate surface area is 125 Å². The van der Waals surface area contributed by atoms with Gasteiger partial charge in [-0.2, -0.15) is 0 Å². The summed E-state index contributed by atoms with van der Waals surface area (Å²) in [6.45, 7) is 9.32. The molecule has 2 rings (SSSR count). The van der Waals surface area contributed by atoms with E-state index in [-0.39, 0.29) is 0 Å². The Bertz CT molecular complexity index is 384. The lowest BCUT2D eigenvalue weighted by Gasteiger charge is -2.33. The molecule has 0 unspecified atom stereocenters. The average Bonchev–Trinajstić information content (AvgIpc) is 2.37. The molecule has 0 aromatic heterocycles. The van der Waals surface area contributed by atoms with Gasteiger partial charge in [0.2, 0.25) is 0 Å². The molecule has 1 heterocycles. The van der Waals surface area contributed by atoms with Crippen molar-refractivity contribution < 1.29 is 0 Å². The minimum Gasteiger partial charge on any atom is -0.310 e. The van der Waals surface area contributed by atoms with Crippen LogP contribution in [0.2, 0.25) is 0 Å². The lowest BCUT2D eigenvalue weighted by atomic mass is 10.0. The molecule has 3 heteroatoms. The SMILES string of the molecule is CC(C)CN1CCC(NCc2cccc(Br)c2)CC1. The zero-order valence-corrected chi connectivity index (χ0v) is 13.6. The van der Waals surface area contributed by atoms with Crippen molar-refractivity contribution in [2.75, 3.05) is 19.6 Å². The van der Waals surface area contributed by atoms with E-state index in [9.17, 15) is 0 Å². The number of nitrogens with one attached hydrogen (secondary N) is 1. The molecule has 1 N–H and O–H groups in total. The van der Waals surface area contributed by atoms with Crippen molar-refractivity contribution in [1.82, 2.24) is 10.2 Å². The monoisotopic (exact) mass is 324 g/mol. The number of rotatable bonds is 5. The molecule has 2 nitrogen and oxygen atoms in total. The van der Waals surface area contributed by atoms with Crippen molar-refractivity contribution in [2.45, 2.75) is 39.3 Å². The molecule has 0 bridgehead atoms. The van der Waals surface area contributed by atoms with Crippen molar-refractivity contribution >= 4 is 15.9 Å². The van der Waals surface area contributed by atoms with Gasteiger partial charge in [0.05, 0.1) is 0 Å². The lowest BCUT2D eigenvalue weighted by Crippen LogP contribution is -2.43. The number of hydrogen-bond donors (Lipinski definition) is 1. The molecule has 0 atom stereocenters. The molecule has 1 aromatic rings. The third kappa shape index (κ3) is 5.25. The highest BCUT2D eigenvalue weighted by atomic mass is 79.9. The smallest absolute Gasteiger partial charge is 0.0208 e. The quantitative estimate of drug-likeness (QED) is 0.889. The lowest BCUT2D eigenvalue weighted by molar-refractivity contribution is 0.179. The summed E-state index contributed by atoms with van der Waals surface area (Å²) in [6.07, 6.45) is 2.56. The van der Waals surface area contributed by atoms with E-state index in [2.05, 4.69) is 64.3 Å². The maximum absolute atomic E-state index is 3.69. The molecule has 19 heavy (non-hydrogen) atoms. The maximum Gasteiger partial charge on any atom is 0.0208 e. The molecule has 1 aliphatic heterocycles. The summed E-state index contributed by atoms with van der Waals surface area (Å²) in [5.74, 6) is 0.783. The normalized spacial score (nSPS) is 18.1. The molecule has 1 fully saturated rings. The Kier molecular flexibility index (Phi) is 5.86. The summed E-state index contributed by atoms with van der Waals surface area (Å²) in [4.78, 5) is 2.60. The van der Waals surface area contributed by atoms with E-state index < -0.39 is 0 Å². The van der Waals surface area contributed by atoms with Crippen LogP contribution in [-0.2, 0) is 6.54 Å². The van der Waals surface area contributed by atoms with Gasteiger partial charge in [-0.15, -0.1) is 0 Å². The van der Waals surface area contributed by atoms with Crippen LogP contribution in [0, 0.1) is 5.92 Å². The standard InChI is InChI=1S/C16H25BrN2/c1-13(2)12-19-8-6-16(7-9-19)18-11-14-4-3-5-15(17)10-14/h3-5,10,13,16,18H,6-9,11-12H2,1-2H3. The van der Waals surface area contributed by atoms with E-state index in [1.807, 2.05) is 0 Å². The molecule has 1 aromatic carbocycles. The maximum atomic E-state index is 3.69. The molecule has 1 aliphatic rings. The highest BCUT2D eigenvalue weighted by Crippen LogP contribution is 2.14. The van der Waals surface area contributed by atoms with E-state index in [1.54, 1.807) is 0 Å². The van der Waals surface area contributed by atoms with Crippen molar-refractivity contribution in [1.29, 1.82) is 0 Å². The van der Waals surface area contributed by atoms with E-state index in [4.69, 9.17) is 0 Å². The third-order valence-electron chi connectivity index (χ3n) is 3.69. The van der Waals surface area contributed by atoms with E-state index in [0.29, 0.717) is 6.04 Å². The van der Waals surface area contributed by atoms with E-state index in [1.165, 1.54) is 42.5 Å². The average molecular weight is 325 g/mol. The number of likely N-dealkylation sites (tertiary alicyclic amines) is 1. The van der Waals surface area contributed by atoms with Crippen LogP contribution in [0.25, 0.3) is 0 Å². The first-order valence-corrected chi connectivity index (χ1v) is 8.13. The topological polar surface area (TPSA) is 15.3 Å². The fourth-order valence-electron chi connectivity index (χ4n) is 2.75. The molecular weight excluding hydrogens is 300 g/mol. The van der Waals surface area contributed by atoms with Crippen LogP contribution in [0.1, 0.15) is 32.3 Å². The Morgan fingerprint density at radius 2 is 2.05 bits per heavy atom. The van der Waals surface area contributed by atoms with Crippen molar-refractivity contribution in [2.24, 2.45) is 5.92 Å². The Morgan fingerprint density at radius 3 is 2.68 bits per heavy atom. The minimum atomic E-state index is 0.683. The fourth-order valence-corrected chi connectivity index (χ4v) is 3.19. The fraction of sp³-hybridized carbons (Fsp3) is 0.625. The van der Waals surface area contributed by atoms with Gasteiger partial charge in [0, 0.05) is 23.6 Å². The zero-order valence-electron chi connectivity index (χ0n) is 12.0. The second kappa shape index (κ2) is 7.41. The van der Waals surface area contributed by atoms with Crippen LogP contribution in [-0.4, -0.2) is 30.6 Å². The molecule has 0 saturated carbocycles. The molecule has 0 spiro atoms. The number of nitrogens with zero attached hydrogens (tertiary/aromatic N) is 1. The zero-order chi connectivity index (χ0) is 13.7. The van der Waals surface area contributed by atoms with Crippen LogP contribution in [0.15, 0.2) is 28.7 Å². The van der Waals surface area contributed by atoms with Gasteiger partial charge in [-0.1, -0.05) is 41.9 Å². The van der Waals surface area contributed by atoms with Gasteiger partial charge < -0.3 is 10.2 Å². The van der Waals surface area contributed by atoms with Crippen LogP contribution >= 0.6 is 15.9 Å². The minimum absolute atomic E-state index is 0.683. The second-order valence-corrected chi connectivity index (χ2v) is 6.90. The largest absolute Gasteiger partial charge is 0.310 e. The summed E-state index contributed by atoms with van der Waals surface area (Å²) in [5.41, 5.74) is 1.36. The van der Waals surface area contributed by atoms with Crippen molar-refractivity contribution in [3.63, 3.8) is 0 Å². The summed E-state index contributed by atoms with van der Waals surface area (Å²) in [6, 6.07) is 9.25. The first-order chi connectivity index (χ1) is 9.13. The predicted molar refractivity (Wildman–Crippen MR) is 85.3 cm³/mol. The summed E-state index contributed by atoms with van der Waals surface area (Å²) >= 11 is 3.52. The van der Waals surface area contributed by atoms with Gasteiger partial charge in [0.15, 0.2) is 0 Å². The molecular formula is C16H25BrN2. The van der Waals surface area contributed by atoms with Crippen LogP contribution in [0.3, 0.4) is 0 Å². The first-order valence-electron chi connectivity index (χ1n) is 7.33. The van der Waals surface area contributed by atoms with Crippen LogP contribution < -0.4 is 5.32 Å².